The number of hydrogen-bond acceptors (Lipinski definition) is 2. The molecule has 2 nitrogen and oxygen atoms in total. The van der Waals surface area contributed by atoms with E-state index < -0.39 is 9.84 Å². The first-order valence-corrected chi connectivity index (χ1v) is 7.68. The summed E-state index contributed by atoms with van der Waals surface area (Å²) in [6, 6.07) is 7.31. The Kier molecular flexibility index (Phi) is 4.54. The van der Waals surface area contributed by atoms with Gasteiger partial charge in [0, 0.05) is 6.26 Å². The molecule has 0 N–H and O–H groups in total. The lowest BCUT2D eigenvalue weighted by Gasteiger charge is -2.14. The van der Waals surface area contributed by atoms with E-state index in [0.717, 1.165) is 19.3 Å². The van der Waals surface area contributed by atoms with Crippen molar-refractivity contribution < 1.29 is 8.42 Å². The second kappa shape index (κ2) is 5.48. The fraction of sp³-hybridized carbons (Fsp3) is 0.538. The van der Waals surface area contributed by atoms with Crippen LogP contribution >= 0.6 is 0 Å². The van der Waals surface area contributed by atoms with Crippen molar-refractivity contribution in [2.45, 2.75) is 43.9 Å². The van der Waals surface area contributed by atoms with E-state index in [-0.39, 0.29) is 0 Å². The molecule has 1 unspecified atom stereocenters. The largest absolute Gasteiger partial charge is 0.224 e. The van der Waals surface area contributed by atoms with E-state index in [1.54, 1.807) is 12.1 Å². The number of benzene rings is 1. The first-order valence-electron chi connectivity index (χ1n) is 5.79. The minimum atomic E-state index is -3.06. The molecule has 90 valence electrons. The van der Waals surface area contributed by atoms with E-state index in [0.29, 0.717) is 10.8 Å². The number of hydrogen-bond donors (Lipinski definition) is 0. The summed E-state index contributed by atoms with van der Waals surface area (Å²) in [5, 5.41) is 0. The molecular formula is C13H20O2S. The summed E-state index contributed by atoms with van der Waals surface area (Å²) in [4.78, 5) is 0.405. The highest BCUT2D eigenvalue weighted by Gasteiger charge is 2.10. The van der Waals surface area contributed by atoms with Crippen LogP contribution < -0.4 is 0 Å². The molecule has 1 rings (SSSR count). The van der Waals surface area contributed by atoms with Gasteiger partial charge in [-0.2, -0.15) is 0 Å². The maximum absolute atomic E-state index is 11.3. The van der Waals surface area contributed by atoms with Crippen LogP contribution in [-0.4, -0.2) is 14.7 Å². The van der Waals surface area contributed by atoms with Crippen LogP contribution in [-0.2, 0) is 9.84 Å². The quantitative estimate of drug-likeness (QED) is 0.790. The zero-order chi connectivity index (χ0) is 12.2. The SMILES string of the molecule is CCCC(CC)c1ccc(S(C)(=O)=O)cc1. The van der Waals surface area contributed by atoms with Crippen molar-refractivity contribution in [3.8, 4) is 0 Å². The van der Waals surface area contributed by atoms with Gasteiger partial charge in [-0.3, -0.25) is 0 Å². The molecule has 0 aliphatic carbocycles. The van der Waals surface area contributed by atoms with Gasteiger partial charge in [0.1, 0.15) is 0 Å². The molecule has 0 aliphatic heterocycles. The molecule has 0 saturated carbocycles. The average Bonchev–Trinajstić information content (AvgIpc) is 2.25. The maximum Gasteiger partial charge on any atom is 0.175 e. The zero-order valence-electron chi connectivity index (χ0n) is 10.2. The van der Waals surface area contributed by atoms with E-state index in [1.807, 2.05) is 12.1 Å². The molecular weight excluding hydrogens is 220 g/mol. The van der Waals surface area contributed by atoms with Gasteiger partial charge in [0.2, 0.25) is 0 Å². The molecule has 1 aromatic rings. The summed E-state index contributed by atoms with van der Waals surface area (Å²) >= 11 is 0. The normalized spacial score (nSPS) is 13.7. The molecule has 0 amide bonds. The molecule has 0 aromatic heterocycles. The number of sulfone groups is 1. The van der Waals surface area contributed by atoms with Gasteiger partial charge in [-0.15, -0.1) is 0 Å². The van der Waals surface area contributed by atoms with Crippen LogP contribution in [0.15, 0.2) is 29.2 Å². The topological polar surface area (TPSA) is 34.1 Å². The van der Waals surface area contributed by atoms with Gasteiger partial charge >= 0.3 is 0 Å². The smallest absolute Gasteiger partial charge is 0.175 e. The molecule has 0 saturated heterocycles. The van der Waals surface area contributed by atoms with Crippen molar-refractivity contribution >= 4 is 9.84 Å². The lowest BCUT2D eigenvalue weighted by Crippen LogP contribution is -2.00. The van der Waals surface area contributed by atoms with Crippen LogP contribution in [0.4, 0.5) is 0 Å². The van der Waals surface area contributed by atoms with Crippen LogP contribution in [0, 0.1) is 0 Å². The van der Waals surface area contributed by atoms with Crippen LogP contribution in [0.25, 0.3) is 0 Å². The highest BCUT2D eigenvalue weighted by atomic mass is 32.2. The summed E-state index contributed by atoms with van der Waals surface area (Å²) in [6.07, 6.45) is 4.67. The van der Waals surface area contributed by atoms with E-state index in [9.17, 15) is 8.42 Å². The van der Waals surface area contributed by atoms with Crippen molar-refractivity contribution in [2.24, 2.45) is 0 Å². The Morgan fingerprint density at radius 1 is 1.12 bits per heavy atom. The molecule has 0 fully saturated rings. The molecule has 0 heterocycles. The van der Waals surface area contributed by atoms with Crippen molar-refractivity contribution in [2.75, 3.05) is 6.26 Å². The highest BCUT2D eigenvalue weighted by molar-refractivity contribution is 7.90. The Balaban J connectivity index is 2.93. The highest BCUT2D eigenvalue weighted by Crippen LogP contribution is 2.25. The van der Waals surface area contributed by atoms with Crippen LogP contribution in [0.2, 0.25) is 0 Å². The van der Waals surface area contributed by atoms with Gasteiger partial charge in [-0.25, -0.2) is 8.42 Å². The van der Waals surface area contributed by atoms with Gasteiger partial charge in [0.25, 0.3) is 0 Å². The van der Waals surface area contributed by atoms with Crippen molar-refractivity contribution in [1.29, 1.82) is 0 Å². The lowest BCUT2D eigenvalue weighted by atomic mass is 9.92. The van der Waals surface area contributed by atoms with Crippen molar-refractivity contribution in [3.63, 3.8) is 0 Å². The predicted octanol–water partition coefficient (Wildman–Crippen LogP) is 3.38. The monoisotopic (exact) mass is 240 g/mol. The van der Waals surface area contributed by atoms with E-state index in [2.05, 4.69) is 13.8 Å². The predicted molar refractivity (Wildman–Crippen MR) is 67.5 cm³/mol. The maximum atomic E-state index is 11.3. The Labute approximate surface area is 98.6 Å². The molecule has 1 atom stereocenters. The third kappa shape index (κ3) is 3.34. The Bertz CT molecular complexity index is 418. The molecule has 1 aromatic carbocycles. The summed E-state index contributed by atoms with van der Waals surface area (Å²) in [6.45, 7) is 4.35. The third-order valence-corrected chi connectivity index (χ3v) is 4.04. The summed E-state index contributed by atoms with van der Waals surface area (Å²) < 4.78 is 22.6. The molecule has 0 spiro atoms. The van der Waals surface area contributed by atoms with Crippen molar-refractivity contribution in [3.05, 3.63) is 29.8 Å². The zero-order valence-corrected chi connectivity index (χ0v) is 11.0. The number of rotatable bonds is 5. The minimum absolute atomic E-state index is 0.405. The molecule has 0 radical (unpaired) electrons. The second-order valence-electron chi connectivity index (χ2n) is 4.24. The first-order chi connectivity index (χ1) is 7.49. The third-order valence-electron chi connectivity index (χ3n) is 2.91. The molecule has 0 aliphatic rings. The summed E-state index contributed by atoms with van der Waals surface area (Å²) in [5.74, 6) is 0.554. The Morgan fingerprint density at radius 2 is 1.69 bits per heavy atom. The van der Waals surface area contributed by atoms with E-state index >= 15 is 0 Å². The van der Waals surface area contributed by atoms with Gasteiger partial charge in [0.15, 0.2) is 9.84 Å². The Hall–Kier alpha value is -0.830. The Morgan fingerprint density at radius 3 is 2.06 bits per heavy atom. The van der Waals surface area contributed by atoms with Gasteiger partial charge in [-0.1, -0.05) is 32.4 Å². The summed E-state index contributed by atoms with van der Waals surface area (Å²) in [7, 11) is -3.06. The standard InChI is InChI=1S/C13H20O2S/c1-4-6-11(5-2)12-7-9-13(10-8-12)16(3,14)15/h7-11H,4-6H2,1-3H3. The molecule has 3 heteroatoms. The lowest BCUT2D eigenvalue weighted by molar-refractivity contribution is 0.593. The first kappa shape index (κ1) is 13.2. The summed E-state index contributed by atoms with van der Waals surface area (Å²) in [5.41, 5.74) is 1.25. The van der Waals surface area contributed by atoms with Gasteiger partial charge < -0.3 is 0 Å². The van der Waals surface area contributed by atoms with Gasteiger partial charge in [-0.05, 0) is 36.5 Å². The van der Waals surface area contributed by atoms with E-state index in [4.69, 9.17) is 0 Å². The fourth-order valence-corrected chi connectivity index (χ4v) is 2.57. The average molecular weight is 240 g/mol. The minimum Gasteiger partial charge on any atom is -0.224 e. The van der Waals surface area contributed by atoms with Crippen molar-refractivity contribution in [1.82, 2.24) is 0 Å². The fourth-order valence-electron chi connectivity index (χ4n) is 1.94. The van der Waals surface area contributed by atoms with Gasteiger partial charge in [0.05, 0.1) is 4.90 Å². The van der Waals surface area contributed by atoms with Crippen LogP contribution in [0.3, 0.4) is 0 Å². The van der Waals surface area contributed by atoms with E-state index in [1.165, 1.54) is 11.8 Å². The molecule has 0 bridgehead atoms. The van der Waals surface area contributed by atoms with Crippen LogP contribution in [0.5, 0.6) is 0 Å². The molecule has 16 heavy (non-hydrogen) atoms. The second-order valence-corrected chi connectivity index (χ2v) is 6.25. The van der Waals surface area contributed by atoms with Crippen LogP contribution in [0.1, 0.15) is 44.6 Å².